The van der Waals surface area contributed by atoms with Crippen LogP contribution in [-0.4, -0.2) is 54.2 Å². The van der Waals surface area contributed by atoms with Crippen LogP contribution in [0.5, 0.6) is 5.75 Å². The van der Waals surface area contributed by atoms with Crippen molar-refractivity contribution in [2.75, 3.05) is 19.8 Å². The van der Waals surface area contributed by atoms with E-state index in [1.165, 1.54) is 0 Å². The van der Waals surface area contributed by atoms with Crippen LogP contribution in [0.25, 0.3) is 0 Å². The lowest BCUT2D eigenvalue weighted by Gasteiger charge is -2.21. The summed E-state index contributed by atoms with van der Waals surface area (Å²) in [5, 5.41) is 21.8. The van der Waals surface area contributed by atoms with Crippen molar-refractivity contribution in [3.63, 3.8) is 0 Å². The first-order chi connectivity index (χ1) is 14.4. The number of nitrogens with one attached hydrogen (secondary N) is 1. The second-order valence-electron chi connectivity index (χ2n) is 7.65. The van der Waals surface area contributed by atoms with Gasteiger partial charge in [0.2, 0.25) is 5.91 Å². The lowest BCUT2D eigenvalue weighted by atomic mass is 10.1. The molecule has 0 saturated heterocycles. The Morgan fingerprint density at radius 3 is 2.33 bits per heavy atom. The summed E-state index contributed by atoms with van der Waals surface area (Å²) in [6.07, 6.45) is 1.02. The predicted molar refractivity (Wildman–Crippen MR) is 116 cm³/mol. The molecule has 2 aromatic rings. The normalized spacial score (nSPS) is 14.1. The third-order valence-electron chi connectivity index (χ3n) is 4.56. The average Bonchev–Trinajstić information content (AvgIpc) is 2.73. The molecule has 0 aliphatic rings. The summed E-state index contributed by atoms with van der Waals surface area (Å²) in [7, 11) is 0. The highest BCUT2D eigenvalue weighted by atomic mass is 16.5. The van der Waals surface area contributed by atoms with Gasteiger partial charge in [-0.1, -0.05) is 42.5 Å². The zero-order valence-corrected chi connectivity index (χ0v) is 17.8. The smallest absolute Gasteiger partial charge is 0.220 e. The summed E-state index contributed by atoms with van der Waals surface area (Å²) in [5.74, 6) is 0.187. The number of carbonyl (C=O) groups excluding carboxylic acids is 1. The lowest BCUT2D eigenvalue weighted by Crippen LogP contribution is -2.40. The molecule has 6 nitrogen and oxygen atoms in total. The van der Waals surface area contributed by atoms with E-state index in [9.17, 15) is 15.0 Å². The Hall–Kier alpha value is -2.41. The maximum atomic E-state index is 12.5. The predicted octanol–water partition coefficient (Wildman–Crippen LogP) is 2.85. The quantitative estimate of drug-likeness (QED) is 0.468. The van der Waals surface area contributed by atoms with Crippen LogP contribution in [0.4, 0.5) is 0 Å². The molecule has 3 atom stereocenters. The summed E-state index contributed by atoms with van der Waals surface area (Å²) in [6.45, 7) is 4.54. The molecule has 30 heavy (non-hydrogen) atoms. The minimum absolute atomic E-state index is 0.0235. The number of aliphatic hydroxyl groups excluding tert-OH is 1. The molecule has 0 radical (unpaired) electrons. The van der Waals surface area contributed by atoms with Crippen molar-refractivity contribution in [2.45, 2.75) is 51.4 Å². The number of hydrogen-bond acceptors (Lipinski definition) is 5. The maximum Gasteiger partial charge on any atom is 0.220 e. The largest absolute Gasteiger partial charge is 0.508 e. The molecule has 2 aromatic carbocycles. The van der Waals surface area contributed by atoms with Gasteiger partial charge in [0.25, 0.3) is 0 Å². The molecule has 1 amide bonds. The Morgan fingerprint density at radius 2 is 1.67 bits per heavy atom. The number of phenolic OH excluding ortho intramolecular Hbond substituents is 1. The number of aryl methyl sites for hydroxylation is 1. The summed E-state index contributed by atoms with van der Waals surface area (Å²) < 4.78 is 11.3. The highest BCUT2D eigenvalue weighted by Gasteiger charge is 2.15. The number of rotatable bonds is 13. The van der Waals surface area contributed by atoms with Crippen LogP contribution < -0.4 is 5.32 Å². The second kappa shape index (κ2) is 13.0. The SMILES string of the molecule is CC(COC[C@@H](Cc1ccc(O)cc1)NC(=O)CCc1ccccc1)OC[C@H](C)O. The van der Waals surface area contributed by atoms with Gasteiger partial charge in [0, 0.05) is 6.42 Å². The Labute approximate surface area is 178 Å². The van der Waals surface area contributed by atoms with Gasteiger partial charge in [-0.15, -0.1) is 0 Å². The molecule has 1 unspecified atom stereocenters. The molecular formula is C24H33NO5. The van der Waals surface area contributed by atoms with Gasteiger partial charge >= 0.3 is 0 Å². The van der Waals surface area contributed by atoms with E-state index in [1.54, 1.807) is 19.1 Å². The first kappa shape index (κ1) is 23.9. The molecule has 3 N–H and O–H groups in total. The van der Waals surface area contributed by atoms with Crippen LogP contribution in [0.3, 0.4) is 0 Å². The fraction of sp³-hybridized carbons (Fsp3) is 0.458. The molecule has 164 valence electrons. The van der Waals surface area contributed by atoms with Crippen molar-refractivity contribution in [3.8, 4) is 5.75 Å². The standard InChI is InChI=1S/C24H33NO5/c1-18(26)15-30-19(2)16-29-17-22(14-21-8-11-23(27)12-9-21)25-24(28)13-10-20-6-4-3-5-7-20/h3-9,11-12,18-19,22,26-27H,10,13-17H2,1-2H3,(H,25,28)/t18-,19?,22+/m0/s1. The van der Waals surface area contributed by atoms with Crippen LogP contribution >= 0.6 is 0 Å². The van der Waals surface area contributed by atoms with Crippen LogP contribution in [0.1, 0.15) is 31.4 Å². The van der Waals surface area contributed by atoms with E-state index in [1.807, 2.05) is 49.4 Å². The summed E-state index contributed by atoms with van der Waals surface area (Å²) in [5.41, 5.74) is 2.13. The number of aliphatic hydroxyl groups is 1. The van der Waals surface area contributed by atoms with Crippen molar-refractivity contribution in [3.05, 3.63) is 65.7 Å². The van der Waals surface area contributed by atoms with Gasteiger partial charge in [-0.2, -0.15) is 0 Å². The van der Waals surface area contributed by atoms with Crippen molar-refractivity contribution in [2.24, 2.45) is 0 Å². The Balaban J connectivity index is 1.86. The number of ether oxygens (including phenoxy) is 2. The Morgan fingerprint density at radius 1 is 0.967 bits per heavy atom. The molecule has 6 heteroatoms. The monoisotopic (exact) mass is 415 g/mol. The molecule has 0 saturated carbocycles. The number of aromatic hydroxyl groups is 1. The minimum atomic E-state index is -0.515. The third-order valence-corrected chi connectivity index (χ3v) is 4.56. The van der Waals surface area contributed by atoms with Crippen molar-refractivity contribution < 1.29 is 24.5 Å². The van der Waals surface area contributed by atoms with Gasteiger partial charge in [-0.05, 0) is 49.9 Å². The number of carbonyl (C=O) groups is 1. The topological polar surface area (TPSA) is 88.0 Å². The molecule has 0 fully saturated rings. The number of amides is 1. The highest BCUT2D eigenvalue weighted by Crippen LogP contribution is 2.12. The van der Waals surface area contributed by atoms with Crippen LogP contribution in [-0.2, 0) is 27.1 Å². The summed E-state index contributed by atoms with van der Waals surface area (Å²) in [4.78, 5) is 12.5. The average molecular weight is 416 g/mol. The van der Waals surface area contributed by atoms with Gasteiger partial charge in [-0.3, -0.25) is 4.79 Å². The zero-order valence-electron chi connectivity index (χ0n) is 17.8. The maximum absolute atomic E-state index is 12.5. The van der Waals surface area contributed by atoms with E-state index in [-0.39, 0.29) is 30.4 Å². The lowest BCUT2D eigenvalue weighted by molar-refractivity contribution is -0.122. The van der Waals surface area contributed by atoms with Crippen LogP contribution in [0.15, 0.2) is 54.6 Å². The Bertz CT molecular complexity index is 733. The van der Waals surface area contributed by atoms with E-state index < -0.39 is 6.10 Å². The minimum Gasteiger partial charge on any atom is -0.508 e. The molecule has 0 spiro atoms. The van der Waals surface area contributed by atoms with Gasteiger partial charge < -0.3 is 25.0 Å². The fourth-order valence-corrected chi connectivity index (χ4v) is 3.00. The third kappa shape index (κ3) is 9.87. The first-order valence-electron chi connectivity index (χ1n) is 10.4. The fourth-order valence-electron chi connectivity index (χ4n) is 3.00. The van der Waals surface area contributed by atoms with E-state index in [0.29, 0.717) is 32.5 Å². The molecule has 0 aliphatic carbocycles. The number of phenols is 1. The van der Waals surface area contributed by atoms with Gasteiger partial charge in [0.05, 0.1) is 38.1 Å². The van der Waals surface area contributed by atoms with Gasteiger partial charge in [-0.25, -0.2) is 0 Å². The highest BCUT2D eigenvalue weighted by molar-refractivity contribution is 5.76. The second-order valence-corrected chi connectivity index (χ2v) is 7.65. The van der Waals surface area contributed by atoms with Crippen LogP contribution in [0.2, 0.25) is 0 Å². The molecule has 2 rings (SSSR count). The molecule has 0 heterocycles. The number of benzene rings is 2. The van der Waals surface area contributed by atoms with Crippen molar-refractivity contribution in [1.82, 2.24) is 5.32 Å². The van der Waals surface area contributed by atoms with E-state index in [0.717, 1.165) is 11.1 Å². The van der Waals surface area contributed by atoms with E-state index in [2.05, 4.69) is 5.32 Å². The molecule has 0 bridgehead atoms. The summed E-state index contributed by atoms with van der Waals surface area (Å²) >= 11 is 0. The Kier molecular flexibility index (Phi) is 10.3. The van der Waals surface area contributed by atoms with E-state index in [4.69, 9.17) is 9.47 Å². The molecular weight excluding hydrogens is 382 g/mol. The summed E-state index contributed by atoms with van der Waals surface area (Å²) in [6, 6.07) is 16.7. The van der Waals surface area contributed by atoms with Crippen molar-refractivity contribution >= 4 is 5.91 Å². The van der Waals surface area contributed by atoms with Crippen LogP contribution in [0, 0.1) is 0 Å². The molecule has 0 aromatic heterocycles. The van der Waals surface area contributed by atoms with E-state index >= 15 is 0 Å². The van der Waals surface area contributed by atoms with Gasteiger partial charge in [0.15, 0.2) is 0 Å². The number of hydrogen-bond donors (Lipinski definition) is 3. The first-order valence-corrected chi connectivity index (χ1v) is 10.4. The van der Waals surface area contributed by atoms with Gasteiger partial charge in [0.1, 0.15) is 5.75 Å². The molecule has 0 aliphatic heterocycles. The van der Waals surface area contributed by atoms with Crippen molar-refractivity contribution in [1.29, 1.82) is 0 Å². The zero-order chi connectivity index (χ0) is 21.8.